The van der Waals surface area contributed by atoms with Crippen LogP contribution in [0.3, 0.4) is 0 Å². The molecule has 104 valence electrons. The van der Waals surface area contributed by atoms with E-state index in [2.05, 4.69) is 11.1 Å². The van der Waals surface area contributed by atoms with Gasteiger partial charge in [0.25, 0.3) is 0 Å². The number of nitriles is 1. The third-order valence-corrected chi connectivity index (χ3v) is 4.52. The maximum absolute atomic E-state index is 12.1. The molecule has 0 unspecified atom stereocenters. The molecule has 3 rings (SSSR count). The number of carbonyl (C=O) groups excluding carboxylic acids is 1. The zero-order valence-electron chi connectivity index (χ0n) is 11.5. The van der Waals surface area contributed by atoms with Gasteiger partial charge in [-0.3, -0.25) is 9.78 Å². The first-order chi connectivity index (χ1) is 10.3. The summed E-state index contributed by atoms with van der Waals surface area (Å²) in [6, 6.07) is 13.3. The van der Waals surface area contributed by atoms with Crippen molar-refractivity contribution in [3.63, 3.8) is 0 Å². The highest BCUT2D eigenvalue weighted by Gasteiger charge is 2.17. The summed E-state index contributed by atoms with van der Waals surface area (Å²) in [5.41, 5.74) is 4.30. The second-order valence-electron chi connectivity index (χ2n) is 5.00. The van der Waals surface area contributed by atoms with Gasteiger partial charge >= 0.3 is 0 Å². The van der Waals surface area contributed by atoms with E-state index in [0.717, 1.165) is 30.7 Å². The van der Waals surface area contributed by atoms with E-state index in [0.29, 0.717) is 16.9 Å². The molecule has 0 N–H and O–H groups in total. The number of nitrogens with zero attached hydrogens (tertiary/aromatic N) is 2. The smallest absolute Gasteiger partial charge is 0.219 e. The quantitative estimate of drug-likeness (QED) is 0.869. The van der Waals surface area contributed by atoms with E-state index in [1.54, 1.807) is 12.1 Å². The summed E-state index contributed by atoms with van der Waals surface area (Å²) in [6.45, 7) is 0. The third-order valence-electron chi connectivity index (χ3n) is 3.60. The number of aryl methyl sites for hydroxylation is 2. The average molecular weight is 294 g/mol. The highest BCUT2D eigenvalue weighted by Crippen LogP contribution is 2.25. The van der Waals surface area contributed by atoms with Gasteiger partial charge in [-0.05, 0) is 30.9 Å². The Hall–Kier alpha value is -2.12. The largest absolute Gasteiger partial charge is 0.282 e. The maximum Gasteiger partial charge on any atom is 0.219 e. The number of thioether (sulfide) groups is 1. The Balaban J connectivity index is 1.77. The second kappa shape index (κ2) is 6.11. The minimum Gasteiger partial charge on any atom is -0.282 e. The minimum absolute atomic E-state index is 0.0155. The lowest BCUT2D eigenvalue weighted by Crippen LogP contribution is -2.01. The molecule has 2 aromatic rings. The molecule has 0 radical (unpaired) electrons. The van der Waals surface area contributed by atoms with Crippen molar-refractivity contribution >= 4 is 16.9 Å². The van der Waals surface area contributed by atoms with E-state index in [-0.39, 0.29) is 5.12 Å². The molecule has 1 aromatic carbocycles. The first-order valence-corrected chi connectivity index (χ1v) is 7.90. The van der Waals surface area contributed by atoms with Gasteiger partial charge in [0, 0.05) is 17.0 Å². The van der Waals surface area contributed by atoms with E-state index in [1.807, 2.05) is 24.3 Å². The predicted octanol–water partition coefficient (Wildman–Crippen LogP) is 3.52. The van der Waals surface area contributed by atoms with Gasteiger partial charge in [0.15, 0.2) is 0 Å². The summed E-state index contributed by atoms with van der Waals surface area (Å²) in [4.78, 5) is 16.7. The van der Waals surface area contributed by atoms with Crippen LogP contribution < -0.4 is 0 Å². The van der Waals surface area contributed by atoms with Crippen LogP contribution in [0.2, 0.25) is 0 Å². The molecule has 0 amide bonds. The molecular formula is C17H14N2OS. The van der Waals surface area contributed by atoms with Crippen LogP contribution in [0.25, 0.3) is 0 Å². The van der Waals surface area contributed by atoms with Crippen molar-refractivity contribution in [1.82, 2.24) is 4.98 Å². The lowest BCUT2D eigenvalue weighted by molar-refractivity contribution is 0.108. The van der Waals surface area contributed by atoms with E-state index in [9.17, 15) is 10.1 Å². The van der Waals surface area contributed by atoms with E-state index in [4.69, 9.17) is 0 Å². The third kappa shape index (κ3) is 2.98. The molecule has 0 bridgehead atoms. The number of pyridine rings is 1. The first kappa shape index (κ1) is 13.8. The van der Waals surface area contributed by atoms with Crippen LogP contribution in [-0.4, -0.2) is 10.1 Å². The molecule has 1 aliphatic rings. The molecule has 3 nitrogen and oxygen atoms in total. The number of hydrogen-bond donors (Lipinski definition) is 0. The highest BCUT2D eigenvalue weighted by molar-refractivity contribution is 8.13. The van der Waals surface area contributed by atoms with Crippen molar-refractivity contribution in [2.45, 2.75) is 25.0 Å². The zero-order chi connectivity index (χ0) is 14.7. The van der Waals surface area contributed by atoms with Gasteiger partial charge in [-0.1, -0.05) is 42.1 Å². The maximum atomic E-state index is 12.1. The standard InChI is InChI=1S/C17H14N2OS/c18-10-14-9-13-7-4-8-15(13)19-16(14)11-21-17(20)12-5-2-1-3-6-12/h1-3,5-6,9H,4,7-8,11H2. The SMILES string of the molecule is N#Cc1cc2c(nc1CSC(=O)c1ccccc1)CCC2. The summed E-state index contributed by atoms with van der Waals surface area (Å²) >= 11 is 1.21. The van der Waals surface area contributed by atoms with Gasteiger partial charge in [0.2, 0.25) is 5.12 Å². The fourth-order valence-electron chi connectivity index (χ4n) is 2.51. The topological polar surface area (TPSA) is 53.8 Å². The molecule has 1 aliphatic carbocycles. The molecule has 0 fully saturated rings. The van der Waals surface area contributed by atoms with Crippen molar-refractivity contribution in [1.29, 1.82) is 5.26 Å². The molecule has 0 spiro atoms. The van der Waals surface area contributed by atoms with Gasteiger partial charge in [-0.25, -0.2) is 0 Å². The first-order valence-electron chi connectivity index (χ1n) is 6.92. The van der Waals surface area contributed by atoms with Gasteiger partial charge in [-0.2, -0.15) is 5.26 Å². The van der Waals surface area contributed by atoms with Gasteiger partial charge in [-0.15, -0.1) is 0 Å². The number of rotatable bonds is 3. The number of carbonyl (C=O) groups is 1. The Bertz CT molecular complexity index is 720. The van der Waals surface area contributed by atoms with Crippen LogP contribution in [0.4, 0.5) is 0 Å². The van der Waals surface area contributed by atoms with Crippen LogP contribution in [0.5, 0.6) is 0 Å². The van der Waals surface area contributed by atoms with Crippen molar-refractivity contribution in [3.05, 3.63) is 64.5 Å². The van der Waals surface area contributed by atoms with E-state index < -0.39 is 0 Å². The lowest BCUT2D eigenvalue weighted by Gasteiger charge is -2.06. The Morgan fingerprint density at radius 3 is 2.86 bits per heavy atom. The summed E-state index contributed by atoms with van der Waals surface area (Å²) < 4.78 is 0. The second-order valence-corrected chi connectivity index (χ2v) is 5.94. The predicted molar refractivity (Wildman–Crippen MR) is 83.0 cm³/mol. The number of benzene rings is 1. The van der Waals surface area contributed by atoms with Gasteiger partial charge < -0.3 is 0 Å². The van der Waals surface area contributed by atoms with Crippen LogP contribution in [-0.2, 0) is 18.6 Å². The molecule has 1 aromatic heterocycles. The number of hydrogen-bond acceptors (Lipinski definition) is 4. The van der Waals surface area contributed by atoms with Gasteiger partial charge in [0.05, 0.1) is 11.3 Å². The molecule has 21 heavy (non-hydrogen) atoms. The van der Waals surface area contributed by atoms with Gasteiger partial charge in [0.1, 0.15) is 6.07 Å². The molecular weight excluding hydrogens is 280 g/mol. The van der Waals surface area contributed by atoms with E-state index >= 15 is 0 Å². The highest BCUT2D eigenvalue weighted by atomic mass is 32.2. The van der Waals surface area contributed by atoms with Crippen LogP contribution >= 0.6 is 11.8 Å². The molecule has 0 atom stereocenters. The minimum atomic E-state index is 0.0155. The van der Waals surface area contributed by atoms with Crippen molar-refractivity contribution in [3.8, 4) is 6.07 Å². The fraction of sp³-hybridized carbons (Fsp3) is 0.235. The molecule has 0 saturated heterocycles. The van der Waals surface area contributed by atoms with Crippen LogP contribution in [0, 0.1) is 11.3 Å². The Labute approximate surface area is 128 Å². The Morgan fingerprint density at radius 1 is 1.29 bits per heavy atom. The number of fused-ring (bicyclic) bond motifs is 1. The normalized spacial score (nSPS) is 12.7. The van der Waals surface area contributed by atoms with Crippen LogP contribution in [0.1, 0.15) is 39.3 Å². The van der Waals surface area contributed by atoms with Crippen LogP contribution in [0.15, 0.2) is 36.4 Å². The van der Waals surface area contributed by atoms with Crippen molar-refractivity contribution in [2.24, 2.45) is 0 Å². The summed E-state index contributed by atoms with van der Waals surface area (Å²) in [5, 5.41) is 9.26. The Morgan fingerprint density at radius 2 is 2.10 bits per heavy atom. The summed E-state index contributed by atoms with van der Waals surface area (Å²) in [6.07, 6.45) is 3.09. The number of aromatic nitrogens is 1. The average Bonchev–Trinajstić information content (AvgIpc) is 2.99. The molecule has 0 saturated carbocycles. The molecule has 1 heterocycles. The molecule has 4 heteroatoms. The summed E-state index contributed by atoms with van der Waals surface area (Å²) in [7, 11) is 0. The zero-order valence-corrected chi connectivity index (χ0v) is 12.3. The fourth-order valence-corrected chi connectivity index (χ4v) is 3.30. The Kier molecular flexibility index (Phi) is 4.03. The van der Waals surface area contributed by atoms with Crippen molar-refractivity contribution in [2.75, 3.05) is 0 Å². The van der Waals surface area contributed by atoms with Crippen molar-refractivity contribution < 1.29 is 4.79 Å². The molecule has 0 aliphatic heterocycles. The monoisotopic (exact) mass is 294 g/mol. The summed E-state index contributed by atoms with van der Waals surface area (Å²) in [5.74, 6) is 0.448. The van der Waals surface area contributed by atoms with E-state index in [1.165, 1.54) is 17.3 Å². The lowest BCUT2D eigenvalue weighted by atomic mass is 10.1.